The first-order valence-corrected chi connectivity index (χ1v) is 3.57. The van der Waals surface area contributed by atoms with Crippen LogP contribution in [-0.2, 0) is 4.74 Å². The summed E-state index contributed by atoms with van der Waals surface area (Å²) >= 11 is 0. The lowest BCUT2D eigenvalue weighted by Crippen LogP contribution is -2.51. The van der Waals surface area contributed by atoms with E-state index in [0.29, 0.717) is 13.2 Å². The molecule has 1 N–H and O–H groups in total. The summed E-state index contributed by atoms with van der Waals surface area (Å²) in [4.78, 5) is 0. The average molecular weight is 148 g/mol. The van der Waals surface area contributed by atoms with E-state index in [1.54, 1.807) is 0 Å². The lowest BCUT2D eigenvalue weighted by Gasteiger charge is -2.43. The zero-order chi connectivity index (χ0) is 7.61. The normalized spacial score (nSPS) is 25.5. The van der Waals surface area contributed by atoms with Gasteiger partial charge in [-0.3, -0.25) is 0 Å². The quantitative estimate of drug-likeness (QED) is 0.639. The van der Waals surface area contributed by atoms with E-state index >= 15 is 0 Å². The minimum Gasteiger partial charge on any atom is -0.390 e. The molecule has 0 aromatic heterocycles. The first-order valence-electron chi connectivity index (χ1n) is 3.57. The summed E-state index contributed by atoms with van der Waals surface area (Å²) in [5.41, 5.74) is -0.269. The highest BCUT2D eigenvalue weighted by Crippen LogP contribution is 2.34. The maximum Gasteiger partial charge on any atom is 0.116 e. The third kappa shape index (κ3) is 1.04. The first kappa shape index (κ1) is 7.95. The van der Waals surface area contributed by atoms with Gasteiger partial charge in [0, 0.05) is 5.41 Å². The number of aliphatic hydroxyl groups is 1. The van der Waals surface area contributed by atoms with E-state index in [0.717, 1.165) is 6.42 Å². The number of ether oxygens (including phenoxy) is 1. The van der Waals surface area contributed by atoms with Crippen molar-refractivity contribution in [3.05, 3.63) is 0 Å². The zero-order valence-corrected chi connectivity index (χ0v) is 6.14. The van der Waals surface area contributed by atoms with Crippen LogP contribution in [0.1, 0.15) is 13.3 Å². The van der Waals surface area contributed by atoms with Crippen LogP contribution in [0, 0.1) is 5.41 Å². The molecule has 1 aliphatic rings. The molecule has 0 saturated carbocycles. The molecular weight excluding hydrogens is 135 g/mol. The van der Waals surface area contributed by atoms with E-state index in [1.807, 2.05) is 6.92 Å². The standard InChI is InChI=1S/C7H13FO2/c1-2-7(4-10-5-7)6(9)3-8/h6,9H,2-5H2,1H3. The molecule has 60 valence electrons. The van der Waals surface area contributed by atoms with Crippen LogP contribution >= 0.6 is 0 Å². The van der Waals surface area contributed by atoms with Crippen molar-refractivity contribution in [2.24, 2.45) is 5.41 Å². The van der Waals surface area contributed by atoms with Gasteiger partial charge in [-0.2, -0.15) is 0 Å². The Labute approximate surface area is 60.0 Å². The van der Waals surface area contributed by atoms with Crippen LogP contribution < -0.4 is 0 Å². The van der Waals surface area contributed by atoms with Gasteiger partial charge in [0.15, 0.2) is 0 Å². The number of rotatable bonds is 3. The van der Waals surface area contributed by atoms with Crippen LogP contribution in [0.5, 0.6) is 0 Å². The first-order chi connectivity index (χ1) is 4.75. The molecule has 1 unspecified atom stereocenters. The predicted octanol–water partition coefficient (Wildman–Crippen LogP) is 0.743. The molecule has 0 aromatic rings. The Hall–Kier alpha value is -0.150. The molecule has 3 heteroatoms. The Bertz CT molecular complexity index is 107. The van der Waals surface area contributed by atoms with Crippen molar-refractivity contribution < 1.29 is 14.2 Å². The second kappa shape index (κ2) is 2.84. The monoisotopic (exact) mass is 148 g/mol. The minimum absolute atomic E-state index is 0.269. The molecule has 2 nitrogen and oxygen atoms in total. The summed E-state index contributed by atoms with van der Waals surface area (Å²) in [5, 5.41) is 9.17. The third-order valence-corrected chi connectivity index (χ3v) is 2.34. The lowest BCUT2D eigenvalue weighted by molar-refractivity contribution is -0.176. The Morgan fingerprint density at radius 2 is 2.30 bits per heavy atom. The molecule has 1 heterocycles. The lowest BCUT2D eigenvalue weighted by atomic mass is 9.78. The topological polar surface area (TPSA) is 29.5 Å². The van der Waals surface area contributed by atoms with Crippen molar-refractivity contribution in [2.75, 3.05) is 19.9 Å². The molecule has 1 fully saturated rings. The predicted molar refractivity (Wildman–Crippen MR) is 35.5 cm³/mol. The van der Waals surface area contributed by atoms with E-state index < -0.39 is 12.8 Å². The smallest absolute Gasteiger partial charge is 0.116 e. The van der Waals surface area contributed by atoms with Crippen molar-refractivity contribution >= 4 is 0 Å². The van der Waals surface area contributed by atoms with E-state index in [9.17, 15) is 9.50 Å². The van der Waals surface area contributed by atoms with Crippen LogP contribution in [-0.4, -0.2) is 31.1 Å². The molecule has 0 spiro atoms. The number of alkyl halides is 1. The van der Waals surface area contributed by atoms with Gasteiger partial charge in [0.1, 0.15) is 6.67 Å². The summed E-state index contributed by atoms with van der Waals surface area (Å²) in [7, 11) is 0. The third-order valence-electron chi connectivity index (χ3n) is 2.34. The van der Waals surface area contributed by atoms with Gasteiger partial charge in [0.2, 0.25) is 0 Å². The fraction of sp³-hybridized carbons (Fsp3) is 1.00. The Morgan fingerprint density at radius 1 is 1.70 bits per heavy atom. The van der Waals surface area contributed by atoms with Gasteiger partial charge >= 0.3 is 0 Å². The molecule has 1 aliphatic heterocycles. The van der Waals surface area contributed by atoms with Crippen LogP contribution in [0.3, 0.4) is 0 Å². The maximum atomic E-state index is 12.0. The molecule has 1 atom stereocenters. The molecular formula is C7H13FO2. The van der Waals surface area contributed by atoms with Crippen molar-refractivity contribution in [2.45, 2.75) is 19.4 Å². The van der Waals surface area contributed by atoms with Gasteiger partial charge in [-0.1, -0.05) is 6.92 Å². The highest BCUT2D eigenvalue weighted by Gasteiger charge is 2.43. The zero-order valence-electron chi connectivity index (χ0n) is 6.14. The van der Waals surface area contributed by atoms with Crippen LogP contribution in [0.2, 0.25) is 0 Å². The fourth-order valence-corrected chi connectivity index (χ4v) is 1.16. The van der Waals surface area contributed by atoms with Crippen LogP contribution in [0.25, 0.3) is 0 Å². The summed E-state index contributed by atoms with van der Waals surface area (Å²) in [6.07, 6.45) is -0.0378. The molecule has 1 rings (SSSR count). The van der Waals surface area contributed by atoms with Gasteiger partial charge in [0.05, 0.1) is 19.3 Å². The molecule has 0 bridgehead atoms. The second-order valence-corrected chi connectivity index (χ2v) is 2.88. The summed E-state index contributed by atoms with van der Waals surface area (Å²) in [6.45, 7) is 2.31. The molecule has 0 aromatic carbocycles. The number of hydrogen-bond acceptors (Lipinski definition) is 2. The molecule has 0 radical (unpaired) electrons. The summed E-state index contributed by atoms with van der Waals surface area (Å²) in [5.74, 6) is 0. The van der Waals surface area contributed by atoms with E-state index in [4.69, 9.17) is 4.74 Å². The van der Waals surface area contributed by atoms with Gasteiger partial charge in [-0.15, -0.1) is 0 Å². The highest BCUT2D eigenvalue weighted by atomic mass is 19.1. The van der Waals surface area contributed by atoms with Crippen molar-refractivity contribution in [3.63, 3.8) is 0 Å². The van der Waals surface area contributed by atoms with Gasteiger partial charge in [-0.05, 0) is 6.42 Å². The van der Waals surface area contributed by atoms with Crippen LogP contribution in [0.15, 0.2) is 0 Å². The van der Waals surface area contributed by atoms with Crippen molar-refractivity contribution in [1.82, 2.24) is 0 Å². The van der Waals surface area contributed by atoms with Gasteiger partial charge in [0.25, 0.3) is 0 Å². The number of hydrogen-bond donors (Lipinski definition) is 1. The summed E-state index contributed by atoms with van der Waals surface area (Å²) < 4.78 is 16.9. The molecule has 10 heavy (non-hydrogen) atoms. The molecule has 0 amide bonds. The number of halogens is 1. The van der Waals surface area contributed by atoms with E-state index in [1.165, 1.54) is 0 Å². The van der Waals surface area contributed by atoms with Crippen molar-refractivity contribution in [1.29, 1.82) is 0 Å². The Morgan fingerprint density at radius 3 is 2.40 bits per heavy atom. The maximum absolute atomic E-state index is 12.0. The molecule has 0 aliphatic carbocycles. The Kier molecular flexibility index (Phi) is 2.26. The van der Waals surface area contributed by atoms with E-state index in [-0.39, 0.29) is 5.41 Å². The highest BCUT2D eigenvalue weighted by molar-refractivity contribution is 4.90. The SMILES string of the molecule is CCC1(C(O)CF)COC1. The summed E-state index contributed by atoms with van der Waals surface area (Å²) in [6, 6.07) is 0. The second-order valence-electron chi connectivity index (χ2n) is 2.88. The van der Waals surface area contributed by atoms with Crippen molar-refractivity contribution in [3.8, 4) is 0 Å². The van der Waals surface area contributed by atoms with Gasteiger partial charge in [-0.25, -0.2) is 4.39 Å². The largest absolute Gasteiger partial charge is 0.390 e. The number of aliphatic hydroxyl groups excluding tert-OH is 1. The van der Waals surface area contributed by atoms with Gasteiger partial charge < -0.3 is 9.84 Å². The minimum atomic E-state index is -0.828. The van der Waals surface area contributed by atoms with E-state index in [2.05, 4.69) is 0 Å². The molecule has 1 saturated heterocycles. The Balaban J connectivity index is 2.46. The fourth-order valence-electron chi connectivity index (χ4n) is 1.16. The van der Waals surface area contributed by atoms with Crippen LogP contribution in [0.4, 0.5) is 4.39 Å². The average Bonchev–Trinajstić information content (AvgIpc) is 1.86.